The first kappa shape index (κ1) is 14.6. The normalized spacial score (nSPS) is 14.3. The Balaban J connectivity index is 1.33. The molecule has 0 saturated heterocycles. The van der Waals surface area contributed by atoms with E-state index in [4.69, 9.17) is 4.42 Å². The topological polar surface area (TPSA) is 85.8 Å². The molecule has 0 amide bonds. The Hall–Kier alpha value is -1.94. The van der Waals surface area contributed by atoms with E-state index in [1.807, 2.05) is 0 Å². The van der Waals surface area contributed by atoms with Crippen LogP contribution >= 0.6 is 23.1 Å². The van der Waals surface area contributed by atoms with Gasteiger partial charge in [-0.2, -0.15) is 5.10 Å². The molecule has 0 spiro atoms. The maximum atomic E-state index is 5.60. The van der Waals surface area contributed by atoms with Crippen molar-refractivity contribution in [3.05, 3.63) is 29.6 Å². The van der Waals surface area contributed by atoms with Gasteiger partial charge < -0.3 is 9.32 Å². The highest BCUT2D eigenvalue weighted by Gasteiger charge is 2.27. The molecule has 3 aromatic rings. The fourth-order valence-corrected chi connectivity index (χ4v) is 3.73. The molecule has 0 atom stereocenters. The predicted octanol–water partition coefficient (Wildman–Crippen LogP) is 2.06. The van der Waals surface area contributed by atoms with Crippen molar-refractivity contribution in [3.63, 3.8) is 0 Å². The summed E-state index contributed by atoms with van der Waals surface area (Å²) in [6.07, 6.45) is 5.64. The third-order valence-electron chi connectivity index (χ3n) is 3.49. The van der Waals surface area contributed by atoms with Crippen molar-refractivity contribution in [2.24, 2.45) is 0 Å². The summed E-state index contributed by atoms with van der Waals surface area (Å²) in [6, 6.07) is 0.678. The summed E-state index contributed by atoms with van der Waals surface area (Å²) in [4.78, 5) is 10.8. The minimum absolute atomic E-state index is 0.431. The Morgan fingerprint density at radius 1 is 1.43 bits per heavy atom. The van der Waals surface area contributed by atoms with Gasteiger partial charge in [-0.15, -0.1) is 21.5 Å². The molecule has 120 valence electrons. The van der Waals surface area contributed by atoms with Gasteiger partial charge in [0, 0.05) is 24.2 Å². The van der Waals surface area contributed by atoms with E-state index in [2.05, 4.69) is 42.6 Å². The van der Waals surface area contributed by atoms with Crippen molar-refractivity contribution in [3.8, 4) is 0 Å². The molecule has 0 N–H and O–H groups in total. The van der Waals surface area contributed by atoms with Crippen LogP contribution in [-0.4, -0.2) is 43.0 Å². The molecule has 0 aromatic carbocycles. The van der Waals surface area contributed by atoms with Gasteiger partial charge in [-0.1, -0.05) is 11.8 Å². The number of thioether (sulfide) groups is 1. The van der Waals surface area contributed by atoms with E-state index in [1.165, 1.54) is 30.9 Å². The van der Waals surface area contributed by atoms with Crippen LogP contribution in [0.5, 0.6) is 0 Å². The van der Waals surface area contributed by atoms with Crippen molar-refractivity contribution in [1.82, 2.24) is 29.9 Å². The second kappa shape index (κ2) is 6.28. The maximum Gasteiger partial charge on any atom is 0.277 e. The predicted molar refractivity (Wildman–Crippen MR) is 86.5 cm³/mol. The number of rotatable bonds is 7. The van der Waals surface area contributed by atoms with E-state index >= 15 is 0 Å². The minimum Gasteiger partial charge on any atom is -0.414 e. The monoisotopic (exact) mass is 349 g/mol. The summed E-state index contributed by atoms with van der Waals surface area (Å²) in [5.41, 5.74) is 1.04. The van der Waals surface area contributed by atoms with Gasteiger partial charge in [-0.3, -0.25) is 0 Å². The Bertz CT molecular complexity index is 765. The van der Waals surface area contributed by atoms with Crippen molar-refractivity contribution in [2.75, 3.05) is 11.9 Å². The number of nitrogens with zero attached hydrogens (tertiary/aromatic N) is 7. The average Bonchev–Trinajstić information content (AvgIpc) is 2.96. The molecule has 3 heterocycles. The lowest BCUT2D eigenvalue weighted by Crippen LogP contribution is -2.18. The van der Waals surface area contributed by atoms with Gasteiger partial charge in [0.25, 0.3) is 5.22 Å². The molecule has 0 bridgehead atoms. The van der Waals surface area contributed by atoms with Crippen molar-refractivity contribution < 1.29 is 4.42 Å². The molecular weight excluding hydrogens is 334 g/mol. The molecular formula is C13H15N7OS2. The fourth-order valence-electron chi connectivity index (χ4n) is 2.09. The molecule has 1 fully saturated rings. The molecule has 10 heteroatoms. The molecule has 23 heavy (non-hydrogen) atoms. The third-order valence-corrected chi connectivity index (χ3v) is 5.32. The van der Waals surface area contributed by atoms with Crippen LogP contribution in [0, 0.1) is 0 Å². The minimum atomic E-state index is 0.431. The first-order valence-electron chi connectivity index (χ1n) is 7.23. The average molecular weight is 349 g/mol. The maximum absolute atomic E-state index is 5.60. The first-order valence-corrected chi connectivity index (χ1v) is 9.09. The lowest BCUT2D eigenvalue weighted by molar-refractivity contribution is 0.397. The highest BCUT2D eigenvalue weighted by atomic mass is 32.2. The molecule has 1 aliphatic carbocycles. The molecule has 3 aromatic heterocycles. The van der Waals surface area contributed by atoms with E-state index in [9.17, 15) is 0 Å². The van der Waals surface area contributed by atoms with Gasteiger partial charge in [-0.05, 0) is 12.8 Å². The smallest absolute Gasteiger partial charge is 0.277 e. The van der Waals surface area contributed by atoms with Crippen LogP contribution < -0.4 is 4.90 Å². The number of hydrogen-bond donors (Lipinski definition) is 0. The van der Waals surface area contributed by atoms with Crippen LogP contribution in [0.1, 0.15) is 24.4 Å². The Morgan fingerprint density at radius 2 is 2.35 bits per heavy atom. The van der Waals surface area contributed by atoms with E-state index in [0.29, 0.717) is 23.7 Å². The largest absolute Gasteiger partial charge is 0.414 e. The van der Waals surface area contributed by atoms with Crippen molar-refractivity contribution in [2.45, 2.75) is 36.4 Å². The van der Waals surface area contributed by atoms with E-state index in [1.54, 1.807) is 22.3 Å². The summed E-state index contributed by atoms with van der Waals surface area (Å²) in [5, 5.41) is 15.8. The first-order chi connectivity index (χ1) is 11.3. The third kappa shape index (κ3) is 3.53. The van der Waals surface area contributed by atoms with Crippen molar-refractivity contribution in [1.29, 1.82) is 0 Å². The lowest BCUT2D eigenvalue weighted by atomic mass is 10.6. The molecule has 4 rings (SSSR count). The molecule has 1 saturated carbocycles. The standard InChI is InChI=1S/C13H15N7OS2/c1-19(10-2-3-10)12-16-9(5-22-12)6-23-13-18-17-11(21-13)4-20-8-14-7-15-20/h5,7-8,10H,2-4,6H2,1H3. The van der Waals surface area contributed by atoms with Crippen LogP contribution in [0.2, 0.25) is 0 Å². The van der Waals surface area contributed by atoms with E-state index in [0.717, 1.165) is 16.6 Å². The summed E-state index contributed by atoms with van der Waals surface area (Å²) >= 11 is 3.18. The molecule has 8 nitrogen and oxygen atoms in total. The van der Waals surface area contributed by atoms with Crippen LogP contribution in [0.25, 0.3) is 0 Å². The van der Waals surface area contributed by atoms with Crippen molar-refractivity contribution >= 4 is 28.2 Å². The van der Waals surface area contributed by atoms with Crippen LogP contribution in [0.3, 0.4) is 0 Å². The lowest BCUT2D eigenvalue weighted by Gasteiger charge is -2.13. The van der Waals surface area contributed by atoms with Gasteiger partial charge in [-0.25, -0.2) is 14.6 Å². The van der Waals surface area contributed by atoms with E-state index in [-0.39, 0.29) is 0 Å². The van der Waals surface area contributed by atoms with Crippen LogP contribution in [-0.2, 0) is 12.3 Å². The van der Waals surface area contributed by atoms with Crippen LogP contribution in [0.4, 0.5) is 5.13 Å². The highest BCUT2D eigenvalue weighted by Crippen LogP contribution is 2.33. The zero-order valence-electron chi connectivity index (χ0n) is 12.5. The van der Waals surface area contributed by atoms with E-state index < -0.39 is 0 Å². The highest BCUT2D eigenvalue weighted by molar-refractivity contribution is 7.98. The van der Waals surface area contributed by atoms with Gasteiger partial charge in [0.05, 0.1) is 5.69 Å². The zero-order chi connectivity index (χ0) is 15.6. The number of thiazole rings is 1. The molecule has 0 radical (unpaired) electrons. The van der Waals surface area contributed by atoms with Gasteiger partial charge in [0.15, 0.2) is 5.13 Å². The fraction of sp³-hybridized carbons (Fsp3) is 0.462. The summed E-state index contributed by atoms with van der Waals surface area (Å²) < 4.78 is 7.24. The Morgan fingerprint density at radius 3 is 3.13 bits per heavy atom. The Labute approximate surface area is 141 Å². The summed E-state index contributed by atoms with van der Waals surface area (Å²) in [5.74, 6) is 1.24. The molecule has 0 unspecified atom stereocenters. The summed E-state index contributed by atoms with van der Waals surface area (Å²) in [7, 11) is 2.11. The molecule has 0 aliphatic heterocycles. The molecule has 1 aliphatic rings. The van der Waals surface area contributed by atoms with Gasteiger partial charge in [0.2, 0.25) is 5.89 Å². The van der Waals surface area contributed by atoms with Gasteiger partial charge in [0.1, 0.15) is 19.2 Å². The number of hydrogen-bond acceptors (Lipinski definition) is 9. The SMILES string of the molecule is CN(c1nc(CSc2nnc(Cn3cncn3)o2)cs1)C1CC1. The summed E-state index contributed by atoms with van der Waals surface area (Å²) in [6.45, 7) is 0.431. The number of anilines is 1. The Kier molecular flexibility index (Phi) is 4.00. The van der Waals surface area contributed by atoms with Crippen LogP contribution in [0.15, 0.2) is 27.7 Å². The van der Waals surface area contributed by atoms with Gasteiger partial charge >= 0.3 is 0 Å². The number of aromatic nitrogens is 6. The zero-order valence-corrected chi connectivity index (χ0v) is 14.1. The second-order valence-corrected chi connectivity index (χ2v) is 7.07. The quantitative estimate of drug-likeness (QED) is 0.599. The second-order valence-electron chi connectivity index (χ2n) is 5.31.